The smallest absolute Gasteiger partial charge is 0.264 e. The molecule has 6 heterocycles. The van der Waals surface area contributed by atoms with Gasteiger partial charge in [0.25, 0.3) is 11.8 Å². The number of amides is 2. The number of hydrogen-bond donors (Lipinski definition) is 2. The third kappa shape index (κ3) is 5.57. The van der Waals surface area contributed by atoms with Gasteiger partial charge in [-0.25, -0.2) is 18.7 Å². The van der Waals surface area contributed by atoms with Crippen molar-refractivity contribution in [3.05, 3.63) is 77.5 Å². The molecule has 0 unspecified atom stereocenters. The molecule has 5 atom stereocenters. The van der Waals surface area contributed by atoms with Crippen molar-refractivity contribution in [2.75, 3.05) is 6.54 Å². The lowest BCUT2D eigenvalue weighted by Crippen LogP contribution is -2.51. The normalized spacial score (nSPS) is 26.9. The van der Waals surface area contributed by atoms with Crippen LogP contribution in [0.2, 0.25) is 0 Å². The summed E-state index contributed by atoms with van der Waals surface area (Å²) < 4.78 is 37.0. The van der Waals surface area contributed by atoms with E-state index in [1.54, 1.807) is 24.3 Å². The minimum Gasteiger partial charge on any atom is -0.345 e. The molecule has 4 aromatic heterocycles. The molecule has 9 rings (SSSR count). The number of aryl methyl sites for hydroxylation is 1. The number of fused-ring (bicyclic) bond motifs is 4. The number of likely N-dealkylation sites (tertiary alicyclic amines) is 1. The average molecular weight is 707 g/mol. The van der Waals surface area contributed by atoms with Crippen LogP contribution in [0, 0.1) is 11.7 Å². The highest BCUT2D eigenvalue weighted by molar-refractivity contribution is 5.98. The fourth-order valence-electron chi connectivity index (χ4n) is 8.90. The van der Waals surface area contributed by atoms with Gasteiger partial charge in [-0.15, -0.1) is 0 Å². The summed E-state index contributed by atoms with van der Waals surface area (Å²) in [5.74, 6) is -0.252. The van der Waals surface area contributed by atoms with Crippen LogP contribution in [0.4, 0.5) is 8.78 Å². The monoisotopic (exact) mass is 706 g/mol. The Kier molecular flexibility index (Phi) is 8.13. The molecule has 3 N–H and O–H groups in total. The first kappa shape index (κ1) is 33.1. The molecule has 0 spiro atoms. The summed E-state index contributed by atoms with van der Waals surface area (Å²) in [6.45, 7) is 2.93. The van der Waals surface area contributed by atoms with Gasteiger partial charge in [-0.05, 0) is 107 Å². The van der Waals surface area contributed by atoms with E-state index in [0.29, 0.717) is 53.5 Å². The SMILES string of the molecule is C[C@H]1NC(=O)[C@](F)(c2ccccn2)CCCCCCn2c(-c3nc4cc(C(=O)N5C[C@H](N)[C@H]6CC[C@@H]5C6)cc(F)c4n3C3CC3)cc3ccc1nc32. The Morgan fingerprint density at radius 2 is 1.83 bits per heavy atom. The molecule has 2 saturated carbocycles. The Bertz CT molecular complexity index is 2200. The van der Waals surface area contributed by atoms with Crippen LogP contribution in [-0.2, 0) is 17.0 Å². The number of pyridine rings is 2. The molecule has 12 heteroatoms. The molecule has 0 radical (unpaired) electrons. The van der Waals surface area contributed by atoms with Crippen molar-refractivity contribution < 1.29 is 18.4 Å². The number of halogens is 2. The second kappa shape index (κ2) is 12.8. The van der Waals surface area contributed by atoms with Crippen molar-refractivity contribution in [2.24, 2.45) is 11.7 Å². The number of carbonyl (C=O) groups is 2. The second-order valence-corrected chi connectivity index (χ2v) is 15.4. The van der Waals surface area contributed by atoms with E-state index in [9.17, 15) is 9.59 Å². The van der Waals surface area contributed by atoms with Gasteiger partial charge in [0, 0.05) is 48.4 Å². The van der Waals surface area contributed by atoms with Crippen molar-refractivity contribution in [1.29, 1.82) is 0 Å². The maximum atomic E-state index is 16.6. The zero-order valence-corrected chi connectivity index (χ0v) is 29.4. The predicted octanol–water partition coefficient (Wildman–Crippen LogP) is 6.88. The van der Waals surface area contributed by atoms with Crippen molar-refractivity contribution in [3.8, 4) is 11.5 Å². The minimum atomic E-state index is -2.25. The van der Waals surface area contributed by atoms with Crippen molar-refractivity contribution >= 4 is 33.9 Å². The highest BCUT2D eigenvalue weighted by Crippen LogP contribution is 2.44. The molecule has 270 valence electrons. The fraction of sp³-hybridized carbons (Fsp3) is 0.475. The molecule has 4 bridgehead atoms. The lowest BCUT2D eigenvalue weighted by Gasteiger charge is -2.37. The van der Waals surface area contributed by atoms with E-state index in [1.165, 1.54) is 12.3 Å². The third-order valence-electron chi connectivity index (χ3n) is 11.9. The van der Waals surface area contributed by atoms with Gasteiger partial charge in [0.1, 0.15) is 17.0 Å². The van der Waals surface area contributed by atoms with Crippen molar-refractivity contribution in [2.45, 2.75) is 108 Å². The number of nitrogens with two attached hydrogens (primary N) is 1. The van der Waals surface area contributed by atoms with Crippen LogP contribution in [0.1, 0.15) is 105 Å². The number of benzene rings is 1. The number of carbonyl (C=O) groups excluding carboxylic acids is 2. The van der Waals surface area contributed by atoms with Crippen LogP contribution >= 0.6 is 0 Å². The molecule has 3 fully saturated rings. The molecule has 5 aromatic rings. The number of nitrogens with one attached hydrogen (secondary N) is 1. The van der Waals surface area contributed by atoms with Gasteiger partial charge in [0.15, 0.2) is 5.82 Å². The summed E-state index contributed by atoms with van der Waals surface area (Å²) in [7, 11) is 0. The molecule has 52 heavy (non-hydrogen) atoms. The van der Waals surface area contributed by atoms with Gasteiger partial charge >= 0.3 is 0 Å². The summed E-state index contributed by atoms with van der Waals surface area (Å²) in [5.41, 5.74) is 7.62. The Morgan fingerprint density at radius 1 is 1.00 bits per heavy atom. The molecule has 2 aliphatic heterocycles. The summed E-state index contributed by atoms with van der Waals surface area (Å²) >= 11 is 0. The lowest BCUT2D eigenvalue weighted by molar-refractivity contribution is -0.135. The number of imidazole rings is 1. The standard InChI is InChI=1S/C40H44F2N8O2/c1-23-31-14-10-25-21-33(48(36(25)46-31)17-7-3-2-5-15-40(42,39(52)45-23)34-8-4-6-16-44-34)37-47-32-20-26(19-29(41)35(32)50(37)27-12-13-27)38(51)49-22-30(43)24-9-11-28(49)18-24/h4,6,8,10,14,16,19-21,23-24,27-28,30H,2-3,5,7,9,11-13,15,17-18,22,43H2,1H3,(H,45,52)/t23-,24+,28-,30+,40-/m1/s1. The average Bonchev–Trinajstić information content (AvgIpc) is 3.61. The van der Waals surface area contributed by atoms with Gasteiger partial charge in [-0.2, -0.15) is 0 Å². The topological polar surface area (TPSA) is 124 Å². The van der Waals surface area contributed by atoms with E-state index in [2.05, 4.69) is 20.9 Å². The van der Waals surface area contributed by atoms with Crippen LogP contribution in [-0.4, -0.2) is 59.4 Å². The quantitative estimate of drug-likeness (QED) is 0.210. The van der Waals surface area contributed by atoms with Crippen LogP contribution < -0.4 is 11.1 Å². The number of hydrogen-bond acceptors (Lipinski definition) is 6. The second-order valence-electron chi connectivity index (χ2n) is 15.4. The van der Waals surface area contributed by atoms with Gasteiger partial charge < -0.3 is 25.1 Å². The summed E-state index contributed by atoms with van der Waals surface area (Å²) in [6, 6.07) is 13.6. The molecule has 2 aliphatic carbocycles. The molecular weight excluding hydrogens is 662 g/mol. The van der Waals surface area contributed by atoms with E-state index in [-0.39, 0.29) is 36.1 Å². The molecule has 10 nitrogen and oxygen atoms in total. The predicted molar refractivity (Wildman–Crippen MR) is 193 cm³/mol. The molecule has 1 saturated heterocycles. The van der Waals surface area contributed by atoms with Crippen molar-refractivity contribution in [1.82, 2.24) is 34.3 Å². The van der Waals surface area contributed by atoms with E-state index >= 15 is 8.78 Å². The van der Waals surface area contributed by atoms with E-state index in [0.717, 1.165) is 68.1 Å². The minimum absolute atomic E-state index is 0.0300. The zero-order chi connectivity index (χ0) is 35.7. The first-order valence-electron chi connectivity index (χ1n) is 18.9. The van der Waals surface area contributed by atoms with Gasteiger partial charge in [0.05, 0.1) is 28.6 Å². The van der Waals surface area contributed by atoms with E-state index in [1.807, 2.05) is 28.5 Å². The molecular formula is C40H44F2N8O2. The van der Waals surface area contributed by atoms with Crippen molar-refractivity contribution in [3.63, 3.8) is 0 Å². The summed E-state index contributed by atoms with van der Waals surface area (Å²) in [5, 5.41) is 3.78. The Labute approximate surface area is 300 Å². The van der Waals surface area contributed by atoms with Gasteiger partial charge in [0.2, 0.25) is 5.67 Å². The van der Waals surface area contributed by atoms with E-state index < -0.39 is 23.4 Å². The van der Waals surface area contributed by atoms with Crippen LogP contribution in [0.3, 0.4) is 0 Å². The van der Waals surface area contributed by atoms with Crippen LogP contribution in [0.15, 0.2) is 54.7 Å². The highest BCUT2D eigenvalue weighted by atomic mass is 19.1. The Balaban J connectivity index is 1.11. The number of rotatable bonds is 4. The lowest BCUT2D eigenvalue weighted by atomic mass is 9.92. The largest absolute Gasteiger partial charge is 0.345 e. The third-order valence-corrected chi connectivity index (χ3v) is 11.9. The maximum Gasteiger partial charge on any atom is 0.264 e. The first-order valence-corrected chi connectivity index (χ1v) is 18.9. The molecule has 4 aliphatic rings. The Hall–Kier alpha value is -4.71. The highest BCUT2D eigenvalue weighted by Gasteiger charge is 2.43. The van der Waals surface area contributed by atoms with Gasteiger partial charge in [-0.1, -0.05) is 18.9 Å². The fourth-order valence-corrected chi connectivity index (χ4v) is 8.90. The first-order chi connectivity index (χ1) is 25.2. The number of piperidine rings is 1. The van der Waals surface area contributed by atoms with Gasteiger partial charge in [-0.3, -0.25) is 14.6 Å². The Morgan fingerprint density at radius 3 is 2.63 bits per heavy atom. The number of aromatic nitrogens is 5. The number of alkyl halides is 1. The molecule has 1 aromatic carbocycles. The van der Waals surface area contributed by atoms with Crippen LogP contribution in [0.5, 0.6) is 0 Å². The summed E-state index contributed by atoms with van der Waals surface area (Å²) in [4.78, 5) is 43.6. The maximum absolute atomic E-state index is 16.6. The van der Waals surface area contributed by atoms with Crippen LogP contribution in [0.25, 0.3) is 33.6 Å². The zero-order valence-electron chi connectivity index (χ0n) is 29.4. The van der Waals surface area contributed by atoms with E-state index in [4.69, 9.17) is 15.7 Å². The molecule has 2 amide bonds. The number of nitrogens with zero attached hydrogens (tertiary/aromatic N) is 6. The summed E-state index contributed by atoms with van der Waals surface area (Å²) in [6.07, 6.45) is 9.12.